The predicted molar refractivity (Wildman–Crippen MR) is 47.0 cm³/mol. The van der Waals surface area contributed by atoms with E-state index in [1.54, 1.807) is 18.3 Å². The topological polar surface area (TPSA) is 46.0 Å². The van der Waals surface area contributed by atoms with Crippen molar-refractivity contribution in [2.24, 2.45) is 0 Å². The second-order valence-corrected chi connectivity index (χ2v) is 2.90. The fraction of sp³-hybridized carbons (Fsp3) is 0. The minimum atomic E-state index is 0.266. The van der Waals surface area contributed by atoms with Gasteiger partial charge in [-0.2, -0.15) is 8.75 Å². The van der Waals surface area contributed by atoms with Gasteiger partial charge in [-0.05, 0) is 24.3 Å². The van der Waals surface area contributed by atoms with E-state index < -0.39 is 0 Å². The van der Waals surface area contributed by atoms with Crippen molar-refractivity contribution < 1.29 is 5.11 Å². The lowest BCUT2D eigenvalue weighted by molar-refractivity contribution is 0.475. The van der Waals surface area contributed by atoms with Crippen LogP contribution in [0.15, 0.2) is 30.5 Å². The number of aromatic nitrogens is 2. The average Bonchev–Trinajstić information content (AvgIpc) is 2.58. The number of phenols is 1. The molecule has 0 atom stereocenters. The molecule has 0 aliphatic heterocycles. The summed E-state index contributed by atoms with van der Waals surface area (Å²) in [5.41, 5.74) is 1.82. The standard InChI is InChI=1S/C8H6N2OS/c11-7-3-1-6(2-4-7)8-5-9-12-10-8/h1-5,11H. The van der Waals surface area contributed by atoms with Crippen molar-refractivity contribution in [2.75, 3.05) is 0 Å². The molecule has 4 heteroatoms. The summed E-state index contributed by atoms with van der Waals surface area (Å²) in [6.45, 7) is 0. The molecule has 12 heavy (non-hydrogen) atoms. The van der Waals surface area contributed by atoms with E-state index in [4.69, 9.17) is 5.11 Å². The van der Waals surface area contributed by atoms with Crippen molar-refractivity contribution in [1.82, 2.24) is 8.75 Å². The van der Waals surface area contributed by atoms with Crippen molar-refractivity contribution in [3.05, 3.63) is 30.5 Å². The van der Waals surface area contributed by atoms with Gasteiger partial charge in [0.2, 0.25) is 0 Å². The van der Waals surface area contributed by atoms with Crippen molar-refractivity contribution in [3.8, 4) is 17.0 Å². The van der Waals surface area contributed by atoms with Crippen LogP contribution in [0.4, 0.5) is 0 Å². The van der Waals surface area contributed by atoms with Crippen LogP contribution < -0.4 is 0 Å². The molecule has 0 aliphatic carbocycles. The van der Waals surface area contributed by atoms with Crippen molar-refractivity contribution in [2.45, 2.75) is 0 Å². The number of nitrogens with zero attached hydrogens (tertiary/aromatic N) is 2. The van der Waals surface area contributed by atoms with Gasteiger partial charge in [-0.15, -0.1) is 0 Å². The average molecular weight is 178 g/mol. The maximum Gasteiger partial charge on any atom is 0.115 e. The van der Waals surface area contributed by atoms with E-state index in [-0.39, 0.29) is 5.75 Å². The number of benzene rings is 1. The van der Waals surface area contributed by atoms with Crippen LogP contribution in [0.3, 0.4) is 0 Å². The number of hydrogen-bond acceptors (Lipinski definition) is 4. The first kappa shape index (κ1) is 7.24. The predicted octanol–water partition coefficient (Wildman–Crippen LogP) is 1.91. The Balaban J connectivity index is 2.43. The quantitative estimate of drug-likeness (QED) is 0.725. The van der Waals surface area contributed by atoms with Gasteiger partial charge in [0, 0.05) is 5.56 Å². The molecule has 0 bridgehead atoms. The van der Waals surface area contributed by atoms with E-state index in [2.05, 4.69) is 8.75 Å². The highest BCUT2D eigenvalue weighted by Gasteiger charge is 1.98. The van der Waals surface area contributed by atoms with Crippen LogP contribution in [0.1, 0.15) is 0 Å². The van der Waals surface area contributed by atoms with Crippen molar-refractivity contribution >= 4 is 11.7 Å². The first-order valence-corrected chi connectivity index (χ1v) is 4.16. The first-order chi connectivity index (χ1) is 5.86. The Morgan fingerprint density at radius 2 is 1.92 bits per heavy atom. The molecule has 0 spiro atoms. The Bertz CT molecular complexity index is 355. The van der Waals surface area contributed by atoms with Gasteiger partial charge >= 0.3 is 0 Å². The van der Waals surface area contributed by atoms with Crippen molar-refractivity contribution in [1.29, 1.82) is 0 Å². The summed E-state index contributed by atoms with van der Waals surface area (Å²) >= 11 is 1.18. The van der Waals surface area contributed by atoms with E-state index in [1.807, 2.05) is 12.1 Å². The van der Waals surface area contributed by atoms with E-state index in [9.17, 15) is 0 Å². The van der Waals surface area contributed by atoms with Crippen LogP contribution in [0.25, 0.3) is 11.3 Å². The molecule has 0 amide bonds. The zero-order valence-electron chi connectivity index (χ0n) is 6.14. The monoisotopic (exact) mass is 178 g/mol. The number of rotatable bonds is 1. The summed E-state index contributed by atoms with van der Waals surface area (Å²) in [6.07, 6.45) is 1.71. The molecule has 2 aromatic rings. The number of hydrogen-bond donors (Lipinski definition) is 1. The van der Waals surface area contributed by atoms with E-state index in [1.165, 1.54) is 11.7 Å². The molecular formula is C8H6N2OS. The summed E-state index contributed by atoms with van der Waals surface area (Å²) in [5, 5.41) is 9.02. The summed E-state index contributed by atoms with van der Waals surface area (Å²) in [4.78, 5) is 0. The molecule has 0 radical (unpaired) electrons. The van der Waals surface area contributed by atoms with Crippen LogP contribution in [-0.2, 0) is 0 Å². The Kier molecular flexibility index (Phi) is 1.75. The third kappa shape index (κ3) is 1.29. The SMILES string of the molecule is Oc1ccc(-c2cnsn2)cc1. The van der Waals surface area contributed by atoms with E-state index >= 15 is 0 Å². The van der Waals surface area contributed by atoms with Gasteiger partial charge < -0.3 is 5.11 Å². The first-order valence-electron chi connectivity index (χ1n) is 3.43. The maximum atomic E-state index is 9.02. The molecule has 0 saturated heterocycles. The third-order valence-corrected chi connectivity index (χ3v) is 2.00. The molecule has 1 N–H and O–H groups in total. The van der Waals surface area contributed by atoms with Crippen LogP contribution in [0.5, 0.6) is 5.75 Å². The second kappa shape index (κ2) is 2.91. The smallest absolute Gasteiger partial charge is 0.115 e. The summed E-state index contributed by atoms with van der Waals surface area (Å²) in [7, 11) is 0. The highest BCUT2D eigenvalue weighted by molar-refractivity contribution is 6.99. The van der Waals surface area contributed by atoms with Gasteiger partial charge in [-0.1, -0.05) is 0 Å². The van der Waals surface area contributed by atoms with Crippen LogP contribution in [0.2, 0.25) is 0 Å². The van der Waals surface area contributed by atoms with E-state index in [0.717, 1.165) is 11.3 Å². The Hall–Kier alpha value is -1.42. The zero-order valence-corrected chi connectivity index (χ0v) is 6.95. The lowest BCUT2D eigenvalue weighted by Crippen LogP contribution is -1.74. The highest BCUT2D eigenvalue weighted by atomic mass is 32.1. The van der Waals surface area contributed by atoms with Crippen LogP contribution in [-0.4, -0.2) is 13.9 Å². The minimum Gasteiger partial charge on any atom is -0.508 e. The number of aromatic hydroxyl groups is 1. The highest BCUT2D eigenvalue weighted by Crippen LogP contribution is 2.19. The Labute approximate surface area is 73.6 Å². The molecule has 1 aromatic heterocycles. The lowest BCUT2D eigenvalue weighted by atomic mass is 10.2. The Morgan fingerprint density at radius 3 is 2.50 bits per heavy atom. The van der Waals surface area contributed by atoms with Crippen molar-refractivity contribution in [3.63, 3.8) is 0 Å². The molecule has 3 nitrogen and oxygen atoms in total. The van der Waals surface area contributed by atoms with Gasteiger partial charge in [-0.25, -0.2) is 0 Å². The van der Waals surface area contributed by atoms with Crippen LogP contribution >= 0.6 is 11.7 Å². The zero-order chi connectivity index (χ0) is 8.39. The molecule has 1 heterocycles. The maximum absolute atomic E-state index is 9.02. The molecule has 2 rings (SSSR count). The minimum absolute atomic E-state index is 0.266. The lowest BCUT2D eigenvalue weighted by Gasteiger charge is -1.94. The largest absolute Gasteiger partial charge is 0.508 e. The molecule has 0 fully saturated rings. The normalized spacial score (nSPS) is 10.0. The Morgan fingerprint density at radius 1 is 1.17 bits per heavy atom. The second-order valence-electron chi connectivity index (χ2n) is 2.34. The van der Waals surface area contributed by atoms with E-state index in [0.29, 0.717) is 0 Å². The molecule has 0 unspecified atom stereocenters. The van der Waals surface area contributed by atoms with Gasteiger partial charge in [0.1, 0.15) is 11.4 Å². The fourth-order valence-corrected chi connectivity index (χ4v) is 1.36. The fourth-order valence-electron chi connectivity index (χ4n) is 0.924. The number of phenolic OH excluding ortho intramolecular Hbond substituents is 1. The van der Waals surface area contributed by atoms with Gasteiger partial charge in [0.25, 0.3) is 0 Å². The summed E-state index contributed by atoms with van der Waals surface area (Å²) in [6, 6.07) is 6.89. The third-order valence-electron chi connectivity index (χ3n) is 1.52. The molecular weight excluding hydrogens is 172 g/mol. The van der Waals surface area contributed by atoms with Gasteiger partial charge in [-0.3, -0.25) is 0 Å². The van der Waals surface area contributed by atoms with Gasteiger partial charge in [0.15, 0.2) is 0 Å². The molecule has 60 valence electrons. The molecule has 0 saturated carbocycles. The summed E-state index contributed by atoms with van der Waals surface area (Å²) in [5.74, 6) is 0.266. The van der Waals surface area contributed by atoms with Crippen LogP contribution in [0, 0.1) is 0 Å². The summed E-state index contributed by atoms with van der Waals surface area (Å²) < 4.78 is 7.95. The molecule has 0 aliphatic rings. The van der Waals surface area contributed by atoms with Gasteiger partial charge in [0.05, 0.1) is 17.9 Å². The molecule has 1 aromatic carbocycles.